The Morgan fingerprint density at radius 2 is 1.39 bits per heavy atom. The molecule has 10 rings (SSSR count). The molecule has 516 valence electrons. The van der Waals surface area contributed by atoms with Crippen molar-refractivity contribution in [3.63, 3.8) is 0 Å². The summed E-state index contributed by atoms with van der Waals surface area (Å²) in [5.74, 6) is -2.91. The molecule has 0 radical (unpaired) electrons. The zero-order valence-electron chi connectivity index (χ0n) is 57.9. The van der Waals surface area contributed by atoms with Crippen molar-refractivity contribution in [2.75, 3.05) is 20.3 Å². The highest BCUT2D eigenvalue weighted by Gasteiger charge is 2.69. The highest BCUT2D eigenvalue weighted by atomic mass is 79.9. The van der Waals surface area contributed by atoms with Crippen molar-refractivity contribution in [1.82, 2.24) is 0 Å². The van der Waals surface area contributed by atoms with Crippen LogP contribution in [0.3, 0.4) is 0 Å². The van der Waals surface area contributed by atoms with E-state index in [1.807, 2.05) is 6.07 Å². The molecule has 16 nitrogen and oxygen atoms in total. The van der Waals surface area contributed by atoms with Crippen LogP contribution in [0.2, 0.25) is 54.4 Å². The topological polar surface area (TPSA) is 179 Å². The third-order valence-corrected chi connectivity index (χ3v) is 38.8. The van der Waals surface area contributed by atoms with E-state index in [-0.39, 0.29) is 52.0 Å². The minimum absolute atomic E-state index is 0.0331. The number of halogens is 1. The maximum atomic E-state index is 16.1. The van der Waals surface area contributed by atoms with Gasteiger partial charge in [0.15, 0.2) is 46.4 Å². The third-order valence-electron chi connectivity index (χ3n) is 22.6. The summed E-state index contributed by atoms with van der Waals surface area (Å²) in [5.41, 5.74) is 1.37. The second-order valence-electron chi connectivity index (χ2n) is 30.7. The van der Waals surface area contributed by atoms with Crippen LogP contribution in [0.25, 0.3) is 0 Å². The number of esters is 1. The van der Waals surface area contributed by atoms with Gasteiger partial charge in [0.2, 0.25) is 0 Å². The standard InChI is InChI=1S/C71H111BrO16SSi3/c1-18-92(19-2,20-3)78-37-27-30-49-38-45(4)47(6)56(80-49)42-57-60(61(77-13)58(83-57)41-52(88-91(16,17)70(10,11)12)44-79-90(14,15)69(7,8)9)67(89(75,76)53-31-25-22-26-32-53)54(73)40-50-33-34-55-62(81-50)66-65-64(84-55)63-59(85-65)43-71(86-63,87-66)36-35-51(39-46(5)72)82-68(74)48-28-23-21-24-29-48/h21-26,28-29,31-32,45,49-52,55-67H,5-6,18-20,27,30,33-44H2,1-4,7-17H3/t45?,49?,50?,51-,52?,55?,56?,57-,58?,59?,60?,61-,62-,63?,64-,65?,66?,67+,71-/m0/s1. The van der Waals surface area contributed by atoms with Crippen LogP contribution in [0.4, 0.5) is 0 Å². The van der Waals surface area contributed by atoms with Gasteiger partial charge in [-0.15, -0.1) is 0 Å². The average Bonchev–Trinajstić information content (AvgIpc) is 1.54. The van der Waals surface area contributed by atoms with Gasteiger partial charge in [-0.05, 0) is 133 Å². The van der Waals surface area contributed by atoms with E-state index in [2.05, 4.69) is 125 Å². The molecule has 8 saturated heterocycles. The summed E-state index contributed by atoms with van der Waals surface area (Å²) in [4.78, 5) is 29.6. The van der Waals surface area contributed by atoms with Crippen molar-refractivity contribution in [2.24, 2.45) is 11.8 Å². The summed E-state index contributed by atoms with van der Waals surface area (Å²) >= 11 is 3.51. The van der Waals surface area contributed by atoms with Crippen LogP contribution in [-0.4, -0.2) is 168 Å². The van der Waals surface area contributed by atoms with Crippen LogP contribution in [0.5, 0.6) is 0 Å². The maximum absolute atomic E-state index is 16.1. The van der Waals surface area contributed by atoms with Crippen LogP contribution < -0.4 is 0 Å². The minimum Gasteiger partial charge on any atom is -0.458 e. The Hall–Kier alpha value is -2.30. The number of sulfone groups is 1. The number of carbonyl (C=O) groups excluding carboxylic acids is 2. The number of carbonyl (C=O) groups is 2. The van der Waals surface area contributed by atoms with Crippen LogP contribution >= 0.6 is 15.9 Å². The predicted molar refractivity (Wildman–Crippen MR) is 368 cm³/mol. The number of rotatable bonds is 31. The summed E-state index contributed by atoms with van der Waals surface area (Å²) in [6.07, 6.45) is -2.51. The first-order valence-corrected chi connectivity index (χ1v) is 45.2. The highest BCUT2D eigenvalue weighted by molar-refractivity contribution is 9.11. The molecule has 92 heavy (non-hydrogen) atoms. The fraction of sp³-hybridized carbons (Fsp3) is 0.746. The number of ether oxygens (including phenoxy) is 9. The summed E-state index contributed by atoms with van der Waals surface area (Å²) in [6.45, 7) is 41.0. The van der Waals surface area contributed by atoms with Gasteiger partial charge < -0.3 is 55.9 Å². The van der Waals surface area contributed by atoms with Crippen LogP contribution in [0.15, 0.2) is 88.8 Å². The van der Waals surface area contributed by atoms with Gasteiger partial charge in [0.1, 0.15) is 41.9 Å². The molecule has 12 unspecified atom stereocenters. The molecule has 2 aromatic rings. The Morgan fingerprint density at radius 3 is 2.02 bits per heavy atom. The lowest BCUT2D eigenvalue weighted by Crippen LogP contribution is -2.62. The van der Waals surface area contributed by atoms with Crippen molar-refractivity contribution in [3.8, 4) is 0 Å². The number of fused-ring (bicyclic) bond motifs is 1. The summed E-state index contributed by atoms with van der Waals surface area (Å²) in [6, 6.07) is 20.5. The first-order chi connectivity index (χ1) is 43.3. The molecule has 0 amide bonds. The first-order valence-electron chi connectivity index (χ1n) is 34.5. The molecule has 0 spiro atoms. The number of Topliss-reactive ketones (excluding diaryl/α,β-unsaturated/α-hetero) is 1. The van der Waals surface area contributed by atoms with E-state index in [1.54, 1.807) is 61.7 Å². The average molecular weight is 1420 g/mol. The second-order valence-corrected chi connectivity index (χ2v) is 48.2. The fourth-order valence-corrected chi connectivity index (χ4v) is 22.3. The Kier molecular flexibility index (Phi) is 24.1. The van der Waals surface area contributed by atoms with E-state index in [9.17, 15) is 4.79 Å². The van der Waals surface area contributed by atoms with E-state index in [4.69, 9.17) is 55.9 Å². The van der Waals surface area contributed by atoms with Crippen molar-refractivity contribution >= 4 is 62.5 Å². The SMILES string of the molecule is C=C(Br)C[C@H](CC[C@@]12CC3OC4C(O1)[C@H]1OC(CC(=O)[C@H](C5[C@@H](OC)C(CC(CO[Si](C)(C)C(C)(C)C)O[Si](C)(C)C(C)(C)C)O[C@H]5CC5OC(CCCO[Si](CC)(CC)CC)CC(C)C5=C)S(=O)(=O)c5ccccc5)CCC1O[C@H]4C3O2)OC(=O)c1ccccc1. The Bertz CT molecular complexity index is 2930. The lowest BCUT2D eigenvalue weighted by atomic mass is 9.81. The van der Waals surface area contributed by atoms with Gasteiger partial charge >= 0.3 is 5.97 Å². The smallest absolute Gasteiger partial charge is 0.338 e. The van der Waals surface area contributed by atoms with Gasteiger partial charge in [-0.25, -0.2) is 13.2 Å². The lowest BCUT2D eigenvalue weighted by molar-refractivity contribution is -0.292. The molecule has 8 heterocycles. The molecule has 8 aliphatic heterocycles. The molecule has 21 heteroatoms. The molecule has 0 aliphatic carbocycles. The number of ketones is 1. The van der Waals surface area contributed by atoms with Gasteiger partial charge in [0.25, 0.3) is 0 Å². The third kappa shape index (κ3) is 16.5. The zero-order chi connectivity index (χ0) is 66.9. The van der Waals surface area contributed by atoms with Crippen LogP contribution in [0.1, 0.15) is 157 Å². The van der Waals surface area contributed by atoms with Crippen molar-refractivity contribution in [2.45, 2.75) is 308 Å². The molecule has 19 atom stereocenters. The minimum atomic E-state index is -4.48. The van der Waals surface area contributed by atoms with E-state index in [0.29, 0.717) is 68.2 Å². The van der Waals surface area contributed by atoms with Crippen molar-refractivity contribution in [3.05, 3.63) is 89.4 Å². The van der Waals surface area contributed by atoms with Gasteiger partial charge in [0, 0.05) is 58.2 Å². The normalized spacial score (nSPS) is 32.7. The van der Waals surface area contributed by atoms with Gasteiger partial charge in [-0.3, -0.25) is 4.79 Å². The Balaban J connectivity index is 1.02. The van der Waals surface area contributed by atoms with Crippen LogP contribution in [0, 0.1) is 11.8 Å². The fourth-order valence-electron chi connectivity index (χ4n) is 14.9. The van der Waals surface area contributed by atoms with E-state index < -0.39 is 137 Å². The predicted octanol–water partition coefficient (Wildman–Crippen LogP) is 14.8. The lowest BCUT2D eigenvalue weighted by Gasteiger charge is -2.47. The van der Waals surface area contributed by atoms with Gasteiger partial charge in [-0.2, -0.15) is 0 Å². The van der Waals surface area contributed by atoms with Gasteiger partial charge in [0.05, 0.1) is 72.0 Å². The number of hydrogen-bond donors (Lipinski definition) is 0. The zero-order valence-corrected chi connectivity index (χ0v) is 63.3. The molecule has 0 aromatic heterocycles. The summed E-state index contributed by atoms with van der Waals surface area (Å²) in [5, 5.41) is -1.83. The first kappa shape index (κ1) is 73.9. The van der Waals surface area contributed by atoms with Crippen molar-refractivity contribution in [1.29, 1.82) is 0 Å². The molecule has 8 fully saturated rings. The van der Waals surface area contributed by atoms with E-state index in [0.717, 1.165) is 43.0 Å². The summed E-state index contributed by atoms with van der Waals surface area (Å²) < 4.78 is 116. The number of methoxy groups -OCH3 is 1. The maximum Gasteiger partial charge on any atom is 0.338 e. The summed E-state index contributed by atoms with van der Waals surface area (Å²) in [7, 11) is -9.42. The molecule has 6 bridgehead atoms. The number of hydrogen-bond acceptors (Lipinski definition) is 16. The molecular formula is C71H111BrO16SSi3. The molecular weight excluding hydrogens is 1300 g/mol. The Labute approximate surface area is 562 Å². The Morgan fingerprint density at radius 1 is 0.761 bits per heavy atom. The van der Waals surface area contributed by atoms with E-state index in [1.165, 1.54) is 0 Å². The van der Waals surface area contributed by atoms with Gasteiger partial charge in [-0.1, -0.05) is 135 Å². The van der Waals surface area contributed by atoms with E-state index >= 15 is 13.2 Å². The molecule has 2 aromatic carbocycles. The molecule has 0 N–H and O–H groups in total. The number of benzene rings is 2. The molecule has 8 aliphatic rings. The monoisotopic (exact) mass is 1410 g/mol. The highest BCUT2D eigenvalue weighted by Crippen LogP contribution is 2.55. The van der Waals surface area contributed by atoms with Crippen molar-refractivity contribution < 1.29 is 73.9 Å². The van der Waals surface area contributed by atoms with Crippen LogP contribution in [-0.2, 0) is 70.5 Å². The molecule has 0 saturated carbocycles. The quantitative estimate of drug-likeness (QED) is 0.0301. The largest absolute Gasteiger partial charge is 0.458 e. The second kappa shape index (κ2) is 30.0.